The lowest BCUT2D eigenvalue weighted by Crippen LogP contribution is -2.39. The summed E-state index contributed by atoms with van der Waals surface area (Å²) in [6.07, 6.45) is -7.68. The summed E-state index contributed by atoms with van der Waals surface area (Å²) in [7, 11) is -9.10. The number of hydrogen-bond acceptors (Lipinski definition) is 14. The van der Waals surface area contributed by atoms with Crippen molar-refractivity contribution in [1.82, 2.24) is 34.1 Å². The maximum absolute atomic E-state index is 17.1. The van der Waals surface area contributed by atoms with Crippen LogP contribution in [-0.2, 0) is 36.6 Å². The average Bonchev–Trinajstić information content (AvgIpc) is 3.99. The molecule has 0 bridgehead atoms. The summed E-state index contributed by atoms with van der Waals surface area (Å²) in [6.45, 7) is 13.4. The van der Waals surface area contributed by atoms with Crippen molar-refractivity contribution in [3.8, 4) is 0 Å². The first-order valence-electron chi connectivity index (χ1n) is 17.7. The molecule has 3 saturated heterocycles. The summed E-state index contributed by atoms with van der Waals surface area (Å²) in [5, 5.41) is 2.33. The number of amides is 1. The number of nitrogens with zero attached hydrogens (tertiary/aromatic N) is 8. The molecule has 7 heterocycles. The number of aromatic amines is 1. The van der Waals surface area contributed by atoms with Crippen LogP contribution in [0.5, 0.6) is 0 Å². The zero-order valence-electron chi connectivity index (χ0n) is 30.2. The van der Waals surface area contributed by atoms with Gasteiger partial charge in [0.25, 0.3) is 11.5 Å². The lowest BCUT2D eigenvalue weighted by molar-refractivity contribution is -0.0624. The first kappa shape index (κ1) is 42.8. The zero-order chi connectivity index (χ0) is 42.9. The Balaban J connectivity index is 1.11. The molecule has 1 aromatic carbocycles. The van der Waals surface area contributed by atoms with Crippen molar-refractivity contribution in [3.63, 3.8) is 0 Å². The minimum Gasteiger partial charge on any atom is -0.346 e. The van der Waals surface area contributed by atoms with Crippen LogP contribution >= 0.6 is 15.6 Å². The number of hydrogen-bond donors (Lipinski definition) is 2. The lowest BCUT2D eigenvalue weighted by Gasteiger charge is -2.34. The minimum atomic E-state index is -3.41. The van der Waals surface area contributed by atoms with Crippen LogP contribution in [0, 0.1) is 19.0 Å². The van der Waals surface area contributed by atoms with Crippen LogP contribution in [-0.4, -0.2) is 131 Å². The second-order valence-corrected chi connectivity index (χ2v) is 15.2. The molecule has 3 aliphatic rings. The Hall–Kier alpha value is -4.90. The van der Waals surface area contributed by atoms with E-state index >= 15 is 13.2 Å². The molecule has 0 spiro atoms. The molecule has 3 aliphatic heterocycles. The number of nitrogens with one attached hydrogen (secondary N) is 2. The third-order valence-corrected chi connectivity index (χ3v) is 11.5. The number of rotatable bonds is 10. The molecule has 1 amide bonds. The molecule has 320 valence electrons. The molecule has 27 heteroatoms. The van der Waals surface area contributed by atoms with Crippen LogP contribution in [0.4, 0.5) is 19.0 Å². The molecule has 61 heavy (non-hydrogen) atoms. The highest BCUT2D eigenvalue weighted by Gasteiger charge is 2.58. The Bertz CT molecular complexity index is 2560. The SMILES string of the molecule is [BH3-][P+]1(OCC[N+]#[C-])OC[C@H]2O[C@@H](n3cc(F)c4c(=O)[nH]cnc43)[C@@H](F)C2O[P+]([BH3-])(OCC[N+]#[C-])OC[C@H]2O[C@@H](n3cnc4c(NC(=O)c5ccccc5)ncnc43)[C@@H](F)C2O1. The van der Waals surface area contributed by atoms with Crippen molar-refractivity contribution in [2.24, 2.45) is 0 Å². The van der Waals surface area contributed by atoms with Crippen LogP contribution in [0.3, 0.4) is 0 Å². The molecule has 0 aliphatic carbocycles. The fraction of sp³-hybridized carbons (Fsp3) is 0.412. The van der Waals surface area contributed by atoms with Crippen molar-refractivity contribution < 1.29 is 54.6 Å². The fourth-order valence-electron chi connectivity index (χ4n) is 6.48. The first-order valence-corrected chi connectivity index (χ1v) is 19.9. The smallest absolute Gasteiger partial charge is 0.263 e. The molecule has 2 N–H and O–H groups in total. The molecular formula is C34H37B2F3N10O10P2. The van der Waals surface area contributed by atoms with E-state index in [4.69, 9.17) is 49.8 Å². The van der Waals surface area contributed by atoms with Gasteiger partial charge in [-0.05, 0) is 12.1 Å². The normalized spacial score (nSPS) is 30.5. The van der Waals surface area contributed by atoms with Gasteiger partial charge >= 0.3 is 0 Å². The summed E-state index contributed by atoms with van der Waals surface area (Å²) < 4.78 is 102. The second kappa shape index (κ2) is 17.8. The molecule has 3 fully saturated rings. The van der Waals surface area contributed by atoms with Gasteiger partial charge in [-0.25, -0.2) is 73.4 Å². The number of carbonyl (C=O) groups excluding carboxylic acids is 1. The van der Waals surface area contributed by atoms with Gasteiger partial charge in [0.2, 0.25) is 43.9 Å². The Morgan fingerprint density at radius 3 is 2.11 bits per heavy atom. The number of carbonyl (C=O) groups is 1. The summed E-state index contributed by atoms with van der Waals surface area (Å²) in [4.78, 5) is 51.4. The van der Waals surface area contributed by atoms with Crippen molar-refractivity contribution in [2.45, 2.75) is 49.2 Å². The van der Waals surface area contributed by atoms with E-state index in [1.807, 2.05) is 0 Å². The third kappa shape index (κ3) is 8.64. The molecule has 8 rings (SSSR count). The first-order chi connectivity index (χ1) is 29.4. The maximum atomic E-state index is 17.1. The van der Waals surface area contributed by atoms with Crippen LogP contribution < -0.4 is 10.9 Å². The van der Waals surface area contributed by atoms with Crippen LogP contribution in [0.1, 0.15) is 22.8 Å². The summed E-state index contributed by atoms with van der Waals surface area (Å²) in [5.41, 5.74) is -0.268. The highest BCUT2D eigenvalue weighted by atomic mass is 31.2. The third-order valence-electron chi connectivity index (χ3n) is 9.18. The Morgan fingerprint density at radius 1 is 0.902 bits per heavy atom. The molecule has 20 nitrogen and oxygen atoms in total. The molecule has 4 unspecified atom stereocenters. The zero-order valence-corrected chi connectivity index (χ0v) is 32.0. The van der Waals surface area contributed by atoms with E-state index in [0.717, 1.165) is 17.1 Å². The van der Waals surface area contributed by atoms with E-state index in [2.05, 4.69) is 39.9 Å². The minimum absolute atomic E-state index is 0.0578. The Morgan fingerprint density at radius 2 is 1.51 bits per heavy atom. The van der Waals surface area contributed by atoms with Crippen molar-refractivity contribution in [1.29, 1.82) is 0 Å². The number of aromatic nitrogens is 7. The highest BCUT2D eigenvalue weighted by Crippen LogP contribution is 2.64. The number of fused-ring (bicyclic) bond motifs is 4. The van der Waals surface area contributed by atoms with Crippen molar-refractivity contribution in [2.75, 3.05) is 44.8 Å². The van der Waals surface area contributed by atoms with Gasteiger partial charge in [0.05, 0.1) is 12.7 Å². The molecule has 0 radical (unpaired) electrons. The Kier molecular flexibility index (Phi) is 12.5. The largest absolute Gasteiger partial charge is 0.346 e. The number of alkyl halides is 2. The Labute approximate surface area is 346 Å². The number of halogens is 3. The van der Waals surface area contributed by atoms with Crippen LogP contribution in [0.2, 0.25) is 0 Å². The van der Waals surface area contributed by atoms with Gasteiger partial charge < -0.3 is 29.5 Å². The molecule has 0 saturated carbocycles. The number of imidazole rings is 1. The molecular weight excluding hydrogens is 849 g/mol. The van der Waals surface area contributed by atoms with Gasteiger partial charge in [0.15, 0.2) is 78.7 Å². The molecule has 4 aromatic heterocycles. The number of benzene rings is 1. The predicted molar refractivity (Wildman–Crippen MR) is 218 cm³/mol. The van der Waals surface area contributed by atoms with E-state index in [-0.39, 0.29) is 55.5 Å². The van der Waals surface area contributed by atoms with Crippen LogP contribution in [0.25, 0.3) is 31.9 Å². The summed E-state index contributed by atoms with van der Waals surface area (Å²) >= 11 is 0. The van der Waals surface area contributed by atoms with Gasteiger partial charge in [0, 0.05) is 11.8 Å². The number of anilines is 1. The summed E-state index contributed by atoms with van der Waals surface area (Å²) in [5.74, 6) is -1.31. The average molecular weight is 886 g/mol. The quantitative estimate of drug-likeness (QED) is 0.0894. The standard InChI is InChI=1S/C34H37B2F3N10O10P2/c1-40-8-10-52-60(35)55-14-21-27(24(39)34(57-21)49-17-46-25-28(42-15-44-30(25)49)47-31(50)18-6-4-3-5-7-18)59-61(36,53-11-9-41-2)54-13-20-26(58-60)23(38)33(56-20)48-12-19(37)22-29(48)43-16-45-32(22)51/h3-7,12,15-17,20-21,23-24,26-27,33-34H,8-11,13-14H2,35-36H3,(H,43,45,51)(H,42,44,47,50)/t20-,21-,23+,24+,26?,27?,33-,34-,60?,61?/m1/s1. The van der Waals surface area contributed by atoms with Gasteiger partial charge in [-0.2, -0.15) is 0 Å². The van der Waals surface area contributed by atoms with E-state index in [1.54, 1.807) is 30.3 Å². The number of ether oxygens (including phenoxy) is 2. The molecule has 5 aromatic rings. The van der Waals surface area contributed by atoms with Crippen molar-refractivity contribution >= 4 is 64.7 Å². The van der Waals surface area contributed by atoms with Gasteiger partial charge in [0.1, 0.15) is 37.1 Å². The number of H-pyrrole nitrogens is 1. The fourth-order valence-corrected chi connectivity index (χ4v) is 8.78. The van der Waals surface area contributed by atoms with E-state index < -0.39 is 109 Å². The monoisotopic (exact) mass is 886 g/mol. The highest BCUT2D eigenvalue weighted by molar-refractivity contribution is 7.86. The topological polar surface area (TPSA) is 206 Å². The predicted octanol–water partition coefficient (Wildman–Crippen LogP) is 2.20. The van der Waals surface area contributed by atoms with E-state index in [0.29, 0.717) is 5.56 Å². The van der Waals surface area contributed by atoms with E-state index in [1.165, 1.54) is 17.2 Å². The van der Waals surface area contributed by atoms with Crippen molar-refractivity contribution in [3.05, 3.63) is 100 Å². The molecule has 10 atom stereocenters. The second-order valence-electron chi connectivity index (χ2n) is 12.8. The van der Waals surface area contributed by atoms with Crippen LogP contribution in [0.15, 0.2) is 60.3 Å². The van der Waals surface area contributed by atoms with E-state index in [9.17, 15) is 9.59 Å². The van der Waals surface area contributed by atoms with Gasteiger partial charge in [-0.15, -0.1) is 0 Å². The van der Waals surface area contributed by atoms with Gasteiger partial charge in [-0.1, -0.05) is 18.2 Å². The maximum Gasteiger partial charge on any atom is 0.263 e. The summed E-state index contributed by atoms with van der Waals surface area (Å²) in [6, 6.07) is 8.46. The van der Waals surface area contributed by atoms with Gasteiger partial charge in [-0.3, -0.25) is 18.7 Å². The lowest BCUT2D eigenvalue weighted by atomic mass is 10.1.